The lowest BCUT2D eigenvalue weighted by Crippen LogP contribution is -2.04. The van der Waals surface area contributed by atoms with Crippen LogP contribution in [0.25, 0.3) is 11.0 Å². The van der Waals surface area contributed by atoms with Crippen LogP contribution < -0.4 is 0 Å². The van der Waals surface area contributed by atoms with E-state index in [2.05, 4.69) is 9.97 Å². The summed E-state index contributed by atoms with van der Waals surface area (Å²) in [5, 5.41) is 0.579. The molecule has 23 heavy (non-hydrogen) atoms. The summed E-state index contributed by atoms with van der Waals surface area (Å²) in [5.41, 5.74) is 0.181. The molecule has 1 N–H and O–H groups in total. The quantitative estimate of drug-likeness (QED) is 0.458. The maximum Gasteiger partial charge on any atom is 0.416 e. The van der Waals surface area contributed by atoms with Gasteiger partial charge in [-0.3, -0.25) is 4.79 Å². The number of nitrogens with one attached hydrogen (secondary N) is 1. The average Bonchev–Trinajstić information content (AvgIpc) is 2.88. The molecule has 0 aliphatic rings. The number of hydrogen-bond donors (Lipinski definition) is 1. The van der Waals surface area contributed by atoms with Gasteiger partial charge in [-0.25, -0.2) is 4.98 Å². The predicted molar refractivity (Wildman–Crippen MR) is 82.3 cm³/mol. The van der Waals surface area contributed by atoms with E-state index in [-0.39, 0.29) is 5.97 Å². The summed E-state index contributed by atoms with van der Waals surface area (Å²) in [5.74, 6) is 0.520. The highest BCUT2D eigenvalue weighted by Crippen LogP contribution is 2.31. The maximum absolute atomic E-state index is 12.7. The Balaban J connectivity index is 1.85. The summed E-state index contributed by atoms with van der Waals surface area (Å²) in [7, 11) is 0. The van der Waals surface area contributed by atoms with Crippen molar-refractivity contribution in [2.45, 2.75) is 37.5 Å². The predicted octanol–water partition coefficient (Wildman–Crippen LogP) is 4.41. The minimum atomic E-state index is -4.36. The molecule has 0 amide bonds. The molecule has 8 heteroatoms. The summed E-state index contributed by atoms with van der Waals surface area (Å²) >= 11 is 1.42. The van der Waals surface area contributed by atoms with Gasteiger partial charge < -0.3 is 9.72 Å². The topological polar surface area (TPSA) is 55.0 Å². The molecular weight excluding hydrogens is 329 g/mol. The second-order valence-electron chi connectivity index (χ2n) is 4.88. The molecule has 4 nitrogen and oxygen atoms in total. The second-order valence-corrected chi connectivity index (χ2v) is 5.97. The first-order valence-corrected chi connectivity index (χ1v) is 8.24. The Morgan fingerprint density at radius 2 is 2.13 bits per heavy atom. The molecule has 0 bridgehead atoms. The van der Waals surface area contributed by atoms with Gasteiger partial charge in [0.05, 0.1) is 23.2 Å². The number of benzene rings is 1. The number of aromatic amines is 1. The van der Waals surface area contributed by atoms with Gasteiger partial charge in [-0.1, -0.05) is 11.8 Å². The van der Waals surface area contributed by atoms with Gasteiger partial charge in [0, 0.05) is 12.2 Å². The summed E-state index contributed by atoms with van der Waals surface area (Å²) in [6.45, 7) is 2.14. The van der Waals surface area contributed by atoms with E-state index in [0.717, 1.165) is 24.3 Å². The number of hydrogen-bond acceptors (Lipinski definition) is 4. The molecule has 1 aromatic carbocycles. The fourth-order valence-corrected chi connectivity index (χ4v) is 2.89. The number of halogens is 3. The zero-order chi connectivity index (χ0) is 16.9. The molecule has 126 valence electrons. The molecule has 1 heterocycles. The van der Waals surface area contributed by atoms with Crippen LogP contribution in [-0.4, -0.2) is 28.3 Å². The largest absolute Gasteiger partial charge is 0.466 e. The Bertz CT molecular complexity index is 670. The smallest absolute Gasteiger partial charge is 0.416 e. The lowest BCUT2D eigenvalue weighted by molar-refractivity contribution is -0.143. The molecular formula is C15H17F3N2O2S. The van der Waals surface area contributed by atoms with Crippen LogP contribution in [0.1, 0.15) is 31.7 Å². The van der Waals surface area contributed by atoms with E-state index < -0.39 is 11.7 Å². The van der Waals surface area contributed by atoms with Crippen LogP contribution >= 0.6 is 11.8 Å². The van der Waals surface area contributed by atoms with Gasteiger partial charge in [-0.15, -0.1) is 0 Å². The fourth-order valence-electron chi connectivity index (χ4n) is 2.00. The number of aromatic nitrogens is 2. The number of ether oxygens (including phenoxy) is 1. The fraction of sp³-hybridized carbons (Fsp3) is 0.467. The number of carbonyl (C=O) groups is 1. The third kappa shape index (κ3) is 5.16. The molecule has 0 saturated heterocycles. The zero-order valence-electron chi connectivity index (χ0n) is 12.6. The van der Waals surface area contributed by atoms with Crippen molar-refractivity contribution in [1.29, 1.82) is 0 Å². The molecule has 0 saturated carbocycles. The van der Waals surface area contributed by atoms with E-state index in [1.807, 2.05) is 0 Å². The van der Waals surface area contributed by atoms with Crippen LogP contribution in [0, 0.1) is 0 Å². The first kappa shape index (κ1) is 17.7. The number of esters is 1. The number of rotatable bonds is 7. The highest BCUT2D eigenvalue weighted by molar-refractivity contribution is 7.99. The van der Waals surface area contributed by atoms with E-state index in [1.165, 1.54) is 17.8 Å². The summed E-state index contributed by atoms with van der Waals surface area (Å²) in [6, 6.07) is 3.45. The van der Waals surface area contributed by atoms with Crippen LogP contribution in [-0.2, 0) is 15.7 Å². The van der Waals surface area contributed by atoms with Crippen molar-refractivity contribution in [3.05, 3.63) is 23.8 Å². The van der Waals surface area contributed by atoms with Crippen molar-refractivity contribution in [3.8, 4) is 0 Å². The normalized spacial score (nSPS) is 11.8. The first-order valence-electron chi connectivity index (χ1n) is 7.25. The van der Waals surface area contributed by atoms with Crippen LogP contribution in [0.4, 0.5) is 13.2 Å². The number of thioether (sulfide) groups is 1. The Morgan fingerprint density at radius 3 is 2.83 bits per heavy atom. The summed E-state index contributed by atoms with van der Waals surface area (Å²) in [6.07, 6.45) is -2.47. The number of nitrogens with zero attached hydrogens (tertiary/aromatic N) is 1. The Labute approximate surface area is 135 Å². The van der Waals surface area contributed by atoms with Crippen molar-refractivity contribution in [3.63, 3.8) is 0 Å². The van der Waals surface area contributed by atoms with Gasteiger partial charge in [0.25, 0.3) is 0 Å². The molecule has 1 aromatic heterocycles. The summed E-state index contributed by atoms with van der Waals surface area (Å²) < 4.78 is 42.8. The Hall–Kier alpha value is -1.70. The molecule has 2 rings (SSSR count). The minimum absolute atomic E-state index is 0.207. The molecule has 0 radical (unpaired) electrons. The lowest BCUT2D eigenvalue weighted by atomic mass is 10.2. The van der Waals surface area contributed by atoms with E-state index in [9.17, 15) is 18.0 Å². The molecule has 0 unspecified atom stereocenters. The second kappa shape index (κ2) is 7.72. The van der Waals surface area contributed by atoms with E-state index in [1.54, 1.807) is 6.92 Å². The Morgan fingerprint density at radius 1 is 1.35 bits per heavy atom. The van der Waals surface area contributed by atoms with Gasteiger partial charge in [0.15, 0.2) is 5.16 Å². The number of fused-ring (bicyclic) bond motifs is 1. The van der Waals surface area contributed by atoms with Crippen LogP contribution in [0.2, 0.25) is 0 Å². The van der Waals surface area contributed by atoms with Crippen molar-refractivity contribution in [2.24, 2.45) is 0 Å². The molecule has 0 fully saturated rings. The number of H-pyrrole nitrogens is 1. The minimum Gasteiger partial charge on any atom is -0.466 e. The SMILES string of the molecule is CCOC(=O)CCCCSc1nc2ccc(C(F)(F)F)cc2[nH]1. The number of unbranched alkanes of at least 4 members (excludes halogenated alkanes) is 1. The van der Waals surface area contributed by atoms with Gasteiger partial charge in [-0.2, -0.15) is 13.2 Å². The molecule has 0 spiro atoms. The third-order valence-electron chi connectivity index (χ3n) is 3.11. The highest BCUT2D eigenvalue weighted by Gasteiger charge is 2.30. The van der Waals surface area contributed by atoms with E-state index in [4.69, 9.17) is 4.74 Å². The van der Waals surface area contributed by atoms with Crippen molar-refractivity contribution in [1.82, 2.24) is 9.97 Å². The van der Waals surface area contributed by atoms with Gasteiger partial charge in [0.1, 0.15) is 0 Å². The van der Waals surface area contributed by atoms with Gasteiger partial charge >= 0.3 is 12.1 Å². The van der Waals surface area contributed by atoms with Crippen LogP contribution in [0.15, 0.2) is 23.4 Å². The molecule has 0 aliphatic carbocycles. The average molecular weight is 346 g/mol. The Kier molecular flexibility index (Phi) is 5.92. The van der Waals surface area contributed by atoms with Crippen LogP contribution in [0.3, 0.4) is 0 Å². The zero-order valence-corrected chi connectivity index (χ0v) is 13.4. The number of carbonyl (C=O) groups excluding carboxylic acids is 1. The van der Waals surface area contributed by atoms with Crippen LogP contribution in [0.5, 0.6) is 0 Å². The van der Waals surface area contributed by atoms with Crippen molar-refractivity contribution in [2.75, 3.05) is 12.4 Å². The van der Waals surface area contributed by atoms with E-state index in [0.29, 0.717) is 35.6 Å². The monoisotopic (exact) mass is 346 g/mol. The molecule has 0 aliphatic heterocycles. The van der Waals surface area contributed by atoms with E-state index >= 15 is 0 Å². The standard InChI is InChI=1S/C15H17F3N2O2S/c1-2-22-13(21)5-3-4-8-23-14-19-11-7-6-10(15(16,17)18)9-12(11)20-14/h6-7,9H,2-5,8H2,1H3,(H,19,20). The van der Waals surface area contributed by atoms with Gasteiger partial charge in [0.2, 0.25) is 0 Å². The highest BCUT2D eigenvalue weighted by atomic mass is 32.2. The first-order chi connectivity index (χ1) is 10.9. The van der Waals surface area contributed by atoms with Crippen molar-refractivity contribution >= 4 is 28.8 Å². The third-order valence-corrected chi connectivity index (χ3v) is 4.07. The number of imidazole rings is 1. The maximum atomic E-state index is 12.7. The molecule has 0 atom stereocenters. The summed E-state index contributed by atoms with van der Waals surface area (Å²) in [4.78, 5) is 18.3. The lowest BCUT2D eigenvalue weighted by Gasteiger charge is -2.05. The van der Waals surface area contributed by atoms with Crippen molar-refractivity contribution < 1.29 is 22.7 Å². The number of alkyl halides is 3. The van der Waals surface area contributed by atoms with Gasteiger partial charge in [-0.05, 0) is 38.0 Å². The molecule has 2 aromatic rings.